The Balaban J connectivity index is 1.94. The minimum atomic E-state index is -0.548. The highest BCUT2D eigenvalue weighted by Gasteiger charge is 2.21. The van der Waals surface area contributed by atoms with Gasteiger partial charge in [-0.3, -0.25) is 9.78 Å². The molecule has 7 heteroatoms. The quantitative estimate of drug-likeness (QED) is 0.603. The second-order valence-electron chi connectivity index (χ2n) is 8.58. The van der Waals surface area contributed by atoms with E-state index in [2.05, 4.69) is 36.2 Å². The smallest absolute Gasteiger partial charge is 0.359 e. The molecule has 3 rings (SSSR count). The molecule has 0 bridgehead atoms. The van der Waals surface area contributed by atoms with E-state index in [1.54, 1.807) is 19.3 Å². The molecule has 0 aliphatic heterocycles. The molecule has 0 radical (unpaired) electrons. The van der Waals surface area contributed by atoms with E-state index in [0.29, 0.717) is 12.2 Å². The third-order valence-corrected chi connectivity index (χ3v) is 4.63. The number of carbonyl (C=O) groups is 1. The van der Waals surface area contributed by atoms with Crippen LogP contribution in [-0.2, 0) is 11.3 Å². The highest BCUT2D eigenvalue weighted by atomic mass is 16.5. The van der Waals surface area contributed by atoms with Gasteiger partial charge in [0.2, 0.25) is 0 Å². The van der Waals surface area contributed by atoms with Gasteiger partial charge in [0.15, 0.2) is 5.69 Å². The van der Waals surface area contributed by atoms with E-state index in [-0.39, 0.29) is 28.5 Å². The lowest BCUT2D eigenvalue weighted by Gasteiger charge is -2.23. The summed E-state index contributed by atoms with van der Waals surface area (Å²) in [5, 5.41) is 9.18. The SMILES string of the molecule is CCn1nc(C(=O)OC(C)CC(C)(C)C)cc(Nc2cncc3ccccc23)c1=O. The fourth-order valence-electron chi connectivity index (χ4n) is 3.45. The number of anilines is 2. The average Bonchev–Trinajstić information content (AvgIpc) is 2.68. The Hall–Kier alpha value is -3.22. The molecule has 1 atom stereocenters. The van der Waals surface area contributed by atoms with Crippen LogP contribution in [0.3, 0.4) is 0 Å². The number of ether oxygens (including phenoxy) is 1. The number of aryl methyl sites for hydroxylation is 1. The van der Waals surface area contributed by atoms with E-state index < -0.39 is 5.97 Å². The van der Waals surface area contributed by atoms with Gasteiger partial charge in [-0.05, 0) is 25.7 Å². The van der Waals surface area contributed by atoms with Gasteiger partial charge in [0.25, 0.3) is 5.56 Å². The maximum absolute atomic E-state index is 12.8. The molecular formula is C23H28N4O3. The van der Waals surface area contributed by atoms with E-state index in [1.165, 1.54) is 10.7 Å². The molecule has 30 heavy (non-hydrogen) atoms. The van der Waals surface area contributed by atoms with E-state index >= 15 is 0 Å². The van der Waals surface area contributed by atoms with Crippen LogP contribution in [0.4, 0.5) is 11.4 Å². The van der Waals surface area contributed by atoms with Gasteiger partial charge in [0.1, 0.15) is 5.69 Å². The minimum Gasteiger partial charge on any atom is -0.458 e. The lowest BCUT2D eigenvalue weighted by Crippen LogP contribution is -2.28. The zero-order valence-corrected chi connectivity index (χ0v) is 18.1. The highest BCUT2D eigenvalue weighted by Crippen LogP contribution is 2.25. The summed E-state index contributed by atoms with van der Waals surface area (Å²) < 4.78 is 6.83. The fraction of sp³-hybridized carbons (Fsp3) is 0.391. The molecule has 7 nitrogen and oxygen atoms in total. The summed E-state index contributed by atoms with van der Waals surface area (Å²) in [6, 6.07) is 9.19. The number of hydrogen-bond acceptors (Lipinski definition) is 6. The lowest BCUT2D eigenvalue weighted by molar-refractivity contribution is 0.0244. The number of rotatable bonds is 6. The molecule has 2 aromatic heterocycles. The van der Waals surface area contributed by atoms with Gasteiger partial charge >= 0.3 is 5.97 Å². The summed E-state index contributed by atoms with van der Waals surface area (Å²) >= 11 is 0. The third-order valence-electron chi connectivity index (χ3n) is 4.63. The van der Waals surface area contributed by atoms with Crippen LogP contribution in [0.5, 0.6) is 0 Å². The molecule has 2 heterocycles. The number of aromatic nitrogens is 3. The monoisotopic (exact) mass is 408 g/mol. The van der Waals surface area contributed by atoms with Gasteiger partial charge in [0.05, 0.1) is 18.0 Å². The van der Waals surface area contributed by atoms with Crippen molar-refractivity contribution in [2.24, 2.45) is 5.41 Å². The van der Waals surface area contributed by atoms with Crippen molar-refractivity contribution in [3.63, 3.8) is 0 Å². The number of pyridine rings is 1. The summed E-state index contributed by atoms with van der Waals surface area (Å²) in [6.45, 7) is 10.3. The molecule has 0 fully saturated rings. The van der Waals surface area contributed by atoms with Crippen LogP contribution in [0, 0.1) is 5.41 Å². The maximum atomic E-state index is 12.8. The Labute approximate surface area is 176 Å². The van der Waals surface area contributed by atoms with Crippen LogP contribution in [0.25, 0.3) is 10.8 Å². The minimum absolute atomic E-state index is 0.0312. The van der Waals surface area contributed by atoms with Crippen LogP contribution in [0.15, 0.2) is 47.5 Å². The second-order valence-corrected chi connectivity index (χ2v) is 8.58. The Bertz CT molecular complexity index is 1110. The first-order valence-electron chi connectivity index (χ1n) is 10.1. The molecule has 1 N–H and O–H groups in total. The average molecular weight is 409 g/mol. The first kappa shape index (κ1) is 21.5. The number of carbonyl (C=O) groups excluding carboxylic acids is 1. The van der Waals surface area contributed by atoms with Crippen molar-refractivity contribution < 1.29 is 9.53 Å². The molecule has 0 aliphatic carbocycles. The first-order valence-corrected chi connectivity index (χ1v) is 10.1. The molecule has 0 saturated heterocycles. The topological polar surface area (TPSA) is 86.1 Å². The predicted molar refractivity (Wildman–Crippen MR) is 118 cm³/mol. The van der Waals surface area contributed by atoms with E-state index in [9.17, 15) is 9.59 Å². The van der Waals surface area contributed by atoms with Crippen LogP contribution in [0.2, 0.25) is 0 Å². The molecule has 0 aliphatic rings. The van der Waals surface area contributed by atoms with Crippen molar-refractivity contribution >= 4 is 28.1 Å². The molecule has 1 unspecified atom stereocenters. The maximum Gasteiger partial charge on any atom is 0.359 e. The molecule has 0 spiro atoms. The van der Waals surface area contributed by atoms with Crippen molar-refractivity contribution in [1.29, 1.82) is 0 Å². The van der Waals surface area contributed by atoms with Crippen LogP contribution in [0.1, 0.15) is 51.5 Å². The zero-order valence-electron chi connectivity index (χ0n) is 18.1. The number of nitrogens with one attached hydrogen (secondary N) is 1. The van der Waals surface area contributed by atoms with Gasteiger partial charge < -0.3 is 10.1 Å². The Kier molecular flexibility index (Phi) is 6.20. The lowest BCUT2D eigenvalue weighted by atomic mass is 9.90. The summed E-state index contributed by atoms with van der Waals surface area (Å²) in [7, 11) is 0. The van der Waals surface area contributed by atoms with E-state index in [0.717, 1.165) is 17.2 Å². The summed E-state index contributed by atoms with van der Waals surface area (Å²) in [6.07, 6.45) is 3.87. The van der Waals surface area contributed by atoms with Crippen molar-refractivity contribution in [2.75, 3.05) is 5.32 Å². The number of fused-ring (bicyclic) bond motifs is 1. The van der Waals surface area contributed by atoms with Crippen LogP contribution >= 0.6 is 0 Å². The number of nitrogens with zero attached hydrogens (tertiary/aromatic N) is 3. The second kappa shape index (κ2) is 8.65. The Morgan fingerprint density at radius 2 is 1.93 bits per heavy atom. The first-order chi connectivity index (χ1) is 14.2. The van der Waals surface area contributed by atoms with Crippen LogP contribution < -0.4 is 10.9 Å². The number of esters is 1. The van der Waals surface area contributed by atoms with Gasteiger partial charge in [-0.25, -0.2) is 9.48 Å². The Morgan fingerprint density at radius 3 is 2.63 bits per heavy atom. The molecular weight excluding hydrogens is 380 g/mol. The Morgan fingerprint density at radius 1 is 1.20 bits per heavy atom. The van der Waals surface area contributed by atoms with Gasteiger partial charge in [-0.2, -0.15) is 5.10 Å². The molecule has 0 saturated carbocycles. The van der Waals surface area contributed by atoms with Crippen LogP contribution in [-0.4, -0.2) is 26.8 Å². The summed E-state index contributed by atoms with van der Waals surface area (Å²) in [4.78, 5) is 29.7. The van der Waals surface area contributed by atoms with Gasteiger partial charge in [-0.1, -0.05) is 45.0 Å². The summed E-state index contributed by atoms with van der Waals surface area (Å²) in [5.74, 6) is -0.548. The van der Waals surface area contributed by atoms with Crippen molar-refractivity contribution in [3.05, 3.63) is 58.8 Å². The molecule has 158 valence electrons. The fourth-order valence-corrected chi connectivity index (χ4v) is 3.45. The van der Waals surface area contributed by atoms with E-state index in [4.69, 9.17) is 4.74 Å². The third kappa shape index (κ3) is 5.03. The van der Waals surface area contributed by atoms with E-state index in [1.807, 2.05) is 31.2 Å². The van der Waals surface area contributed by atoms with Crippen molar-refractivity contribution in [3.8, 4) is 0 Å². The number of benzene rings is 1. The molecule has 3 aromatic rings. The summed E-state index contributed by atoms with van der Waals surface area (Å²) in [5.41, 5.74) is 0.737. The van der Waals surface area contributed by atoms with Gasteiger partial charge in [0, 0.05) is 29.6 Å². The zero-order chi connectivity index (χ0) is 21.9. The molecule has 0 amide bonds. The van der Waals surface area contributed by atoms with Gasteiger partial charge in [-0.15, -0.1) is 0 Å². The number of hydrogen-bond donors (Lipinski definition) is 1. The predicted octanol–water partition coefficient (Wildman–Crippen LogP) is 4.54. The highest BCUT2D eigenvalue weighted by molar-refractivity contribution is 5.95. The normalized spacial score (nSPS) is 12.6. The molecule has 1 aromatic carbocycles. The standard InChI is InChI=1S/C23H28N4O3/c1-6-27-21(28)18(25-20-14-24-13-16-9-7-8-10-17(16)20)11-19(26-27)22(29)30-15(2)12-23(3,4)5/h7-11,13-15,25H,6,12H2,1-5H3. The van der Waals surface area contributed by atoms with Crippen molar-refractivity contribution in [2.45, 2.75) is 53.7 Å². The largest absolute Gasteiger partial charge is 0.458 e. The van der Waals surface area contributed by atoms with Crippen molar-refractivity contribution in [1.82, 2.24) is 14.8 Å².